The number of rotatable bonds is 2. The summed E-state index contributed by atoms with van der Waals surface area (Å²) in [5.74, 6) is 0. The maximum atomic E-state index is 4.62. The Labute approximate surface area is 93.1 Å². The van der Waals surface area contributed by atoms with E-state index < -0.39 is 0 Å². The molecule has 0 aliphatic carbocycles. The molecular formula is C11H15N3S. The zero-order chi connectivity index (χ0) is 10.3. The summed E-state index contributed by atoms with van der Waals surface area (Å²) in [7, 11) is 0. The molecule has 1 aliphatic rings. The second-order valence-corrected chi connectivity index (χ2v) is 5.47. The summed E-state index contributed by atoms with van der Waals surface area (Å²) >= 11 is 1.70. The molecule has 1 atom stereocenters. The van der Waals surface area contributed by atoms with Gasteiger partial charge in [-0.3, -0.25) is 4.40 Å². The first kappa shape index (κ1) is 9.36. The van der Waals surface area contributed by atoms with Crippen molar-refractivity contribution in [1.29, 1.82) is 0 Å². The molecule has 0 amide bonds. The van der Waals surface area contributed by atoms with Crippen molar-refractivity contribution in [3.63, 3.8) is 0 Å². The highest BCUT2D eigenvalue weighted by atomic mass is 32.1. The van der Waals surface area contributed by atoms with E-state index in [1.54, 1.807) is 11.3 Å². The normalized spacial score (nSPS) is 26.5. The lowest BCUT2D eigenvalue weighted by atomic mass is 9.94. The van der Waals surface area contributed by atoms with Crippen molar-refractivity contribution in [2.45, 2.75) is 31.7 Å². The smallest absolute Gasteiger partial charge is 0.193 e. The van der Waals surface area contributed by atoms with Crippen LogP contribution < -0.4 is 5.32 Å². The zero-order valence-corrected chi connectivity index (χ0v) is 9.68. The first-order valence-electron chi connectivity index (χ1n) is 5.41. The lowest BCUT2D eigenvalue weighted by Gasteiger charge is -2.22. The van der Waals surface area contributed by atoms with Gasteiger partial charge < -0.3 is 5.32 Å². The van der Waals surface area contributed by atoms with Crippen LogP contribution in [0.1, 0.15) is 25.5 Å². The van der Waals surface area contributed by atoms with Crippen LogP contribution in [0.2, 0.25) is 0 Å². The number of nitrogens with one attached hydrogen (secondary N) is 1. The largest absolute Gasteiger partial charge is 0.311 e. The van der Waals surface area contributed by atoms with E-state index in [9.17, 15) is 0 Å². The second-order valence-electron chi connectivity index (χ2n) is 4.59. The molecule has 0 aromatic carbocycles. The van der Waals surface area contributed by atoms with Crippen LogP contribution in [-0.2, 0) is 6.42 Å². The molecule has 1 saturated heterocycles. The van der Waals surface area contributed by atoms with E-state index in [2.05, 4.69) is 39.4 Å². The molecule has 3 rings (SSSR count). The number of imidazole rings is 1. The van der Waals surface area contributed by atoms with Gasteiger partial charge in [-0.1, -0.05) is 0 Å². The molecule has 1 N–H and O–H groups in total. The second kappa shape index (κ2) is 3.32. The Morgan fingerprint density at radius 3 is 3.33 bits per heavy atom. The summed E-state index contributed by atoms with van der Waals surface area (Å²) in [5.41, 5.74) is 1.48. The number of hydrogen-bond acceptors (Lipinski definition) is 3. The minimum absolute atomic E-state index is 0.268. The van der Waals surface area contributed by atoms with E-state index in [4.69, 9.17) is 0 Å². The molecule has 1 unspecified atom stereocenters. The quantitative estimate of drug-likeness (QED) is 0.841. The van der Waals surface area contributed by atoms with E-state index >= 15 is 0 Å². The Hall–Kier alpha value is -0.870. The lowest BCUT2D eigenvalue weighted by molar-refractivity contribution is 0.409. The molecule has 3 nitrogen and oxygen atoms in total. The van der Waals surface area contributed by atoms with Crippen LogP contribution in [0, 0.1) is 0 Å². The maximum absolute atomic E-state index is 4.62. The van der Waals surface area contributed by atoms with Gasteiger partial charge in [-0.05, 0) is 26.3 Å². The SMILES string of the molecule is CC1(Cc2cn3ccsc3n2)CCCN1. The predicted molar refractivity (Wildman–Crippen MR) is 62.4 cm³/mol. The highest BCUT2D eigenvalue weighted by Gasteiger charge is 2.28. The van der Waals surface area contributed by atoms with Gasteiger partial charge in [0, 0.05) is 29.7 Å². The van der Waals surface area contributed by atoms with Crippen molar-refractivity contribution in [3.8, 4) is 0 Å². The van der Waals surface area contributed by atoms with Crippen molar-refractivity contribution < 1.29 is 0 Å². The third-order valence-corrected chi connectivity index (χ3v) is 3.94. The van der Waals surface area contributed by atoms with E-state index in [0.717, 1.165) is 17.9 Å². The van der Waals surface area contributed by atoms with Gasteiger partial charge in [0.15, 0.2) is 4.96 Å². The molecule has 4 heteroatoms. The minimum atomic E-state index is 0.268. The summed E-state index contributed by atoms with van der Waals surface area (Å²) in [6.07, 6.45) is 7.82. The first-order chi connectivity index (χ1) is 7.25. The Morgan fingerprint density at radius 1 is 1.67 bits per heavy atom. The summed E-state index contributed by atoms with van der Waals surface area (Å²) < 4.78 is 2.11. The average molecular weight is 221 g/mol. The van der Waals surface area contributed by atoms with Gasteiger partial charge in [0.05, 0.1) is 5.69 Å². The van der Waals surface area contributed by atoms with Crippen LogP contribution in [0.4, 0.5) is 0 Å². The zero-order valence-electron chi connectivity index (χ0n) is 8.86. The van der Waals surface area contributed by atoms with Crippen LogP contribution in [0.5, 0.6) is 0 Å². The van der Waals surface area contributed by atoms with Crippen molar-refractivity contribution in [3.05, 3.63) is 23.5 Å². The molecule has 1 fully saturated rings. The minimum Gasteiger partial charge on any atom is -0.311 e. The molecule has 2 aromatic rings. The standard InChI is InChI=1S/C11H15N3S/c1-11(3-2-4-12-11)7-9-8-14-5-6-15-10(14)13-9/h5-6,8,12H,2-4,7H2,1H3. The van der Waals surface area contributed by atoms with Gasteiger partial charge in [-0.25, -0.2) is 4.98 Å². The molecule has 0 spiro atoms. The highest BCUT2D eigenvalue weighted by molar-refractivity contribution is 7.15. The Bertz CT molecular complexity index is 436. The van der Waals surface area contributed by atoms with Gasteiger partial charge in [0.1, 0.15) is 0 Å². The molecule has 80 valence electrons. The van der Waals surface area contributed by atoms with Crippen molar-refractivity contribution in [1.82, 2.24) is 14.7 Å². The monoisotopic (exact) mass is 221 g/mol. The summed E-state index contributed by atoms with van der Waals surface area (Å²) in [5, 5.41) is 5.64. The molecule has 2 aromatic heterocycles. The molecule has 1 aliphatic heterocycles. The van der Waals surface area contributed by atoms with Crippen LogP contribution in [-0.4, -0.2) is 21.5 Å². The fourth-order valence-corrected chi connectivity index (χ4v) is 3.09. The average Bonchev–Trinajstić information content (AvgIpc) is 2.80. The molecule has 0 bridgehead atoms. The van der Waals surface area contributed by atoms with Gasteiger partial charge in [-0.15, -0.1) is 11.3 Å². The van der Waals surface area contributed by atoms with E-state index in [-0.39, 0.29) is 5.54 Å². The summed E-state index contributed by atoms with van der Waals surface area (Å²) in [6.45, 7) is 3.45. The van der Waals surface area contributed by atoms with Gasteiger partial charge in [0.2, 0.25) is 0 Å². The molecule has 0 saturated carbocycles. The molecule has 0 radical (unpaired) electrons. The van der Waals surface area contributed by atoms with Crippen LogP contribution in [0.15, 0.2) is 17.8 Å². The number of fused-ring (bicyclic) bond motifs is 1. The van der Waals surface area contributed by atoms with Gasteiger partial charge in [0.25, 0.3) is 0 Å². The van der Waals surface area contributed by atoms with Crippen LogP contribution in [0.25, 0.3) is 4.96 Å². The first-order valence-corrected chi connectivity index (χ1v) is 6.29. The van der Waals surface area contributed by atoms with E-state index in [0.29, 0.717) is 0 Å². The van der Waals surface area contributed by atoms with Crippen LogP contribution in [0.3, 0.4) is 0 Å². The van der Waals surface area contributed by atoms with Crippen molar-refractivity contribution >= 4 is 16.3 Å². The predicted octanol–water partition coefficient (Wildman–Crippen LogP) is 2.08. The Morgan fingerprint density at radius 2 is 2.60 bits per heavy atom. The number of hydrogen-bond donors (Lipinski definition) is 1. The summed E-state index contributed by atoms with van der Waals surface area (Å²) in [4.78, 5) is 5.73. The Balaban J connectivity index is 1.85. The fraction of sp³-hybridized carbons (Fsp3) is 0.545. The lowest BCUT2D eigenvalue weighted by Crippen LogP contribution is -2.38. The van der Waals surface area contributed by atoms with E-state index in [1.807, 2.05) is 0 Å². The summed E-state index contributed by atoms with van der Waals surface area (Å²) in [6, 6.07) is 0. The highest BCUT2D eigenvalue weighted by Crippen LogP contribution is 2.23. The van der Waals surface area contributed by atoms with Crippen molar-refractivity contribution in [2.24, 2.45) is 0 Å². The van der Waals surface area contributed by atoms with Crippen LogP contribution >= 0.6 is 11.3 Å². The molecular weight excluding hydrogens is 206 g/mol. The van der Waals surface area contributed by atoms with E-state index in [1.165, 1.54) is 18.5 Å². The molecule has 3 heterocycles. The third kappa shape index (κ3) is 1.68. The molecule has 15 heavy (non-hydrogen) atoms. The maximum Gasteiger partial charge on any atom is 0.193 e. The topological polar surface area (TPSA) is 29.3 Å². The van der Waals surface area contributed by atoms with Gasteiger partial charge in [-0.2, -0.15) is 0 Å². The van der Waals surface area contributed by atoms with Gasteiger partial charge >= 0.3 is 0 Å². The fourth-order valence-electron chi connectivity index (χ4n) is 2.37. The number of aromatic nitrogens is 2. The Kier molecular flexibility index (Phi) is 2.07. The number of thiazole rings is 1. The van der Waals surface area contributed by atoms with Crippen molar-refractivity contribution in [2.75, 3.05) is 6.54 Å². The number of nitrogens with zero attached hydrogens (tertiary/aromatic N) is 2. The third-order valence-electron chi connectivity index (χ3n) is 3.17.